The summed E-state index contributed by atoms with van der Waals surface area (Å²) in [7, 11) is 0. The van der Waals surface area contributed by atoms with Gasteiger partial charge in [0.2, 0.25) is 5.91 Å². The van der Waals surface area contributed by atoms with Gasteiger partial charge in [0.05, 0.1) is 6.54 Å². The van der Waals surface area contributed by atoms with Crippen LogP contribution in [0.4, 0.5) is 4.79 Å². The number of hydrogen-bond donors (Lipinski definition) is 4. The number of alkyl carbamates (subject to hydrolysis) is 1. The zero-order chi connectivity index (χ0) is 22.1. The fourth-order valence-electron chi connectivity index (χ4n) is 2.97. The first-order valence-electron chi connectivity index (χ1n) is 10.7. The second-order valence-corrected chi connectivity index (χ2v) is 9.61. The lowest BCUT2D eigenvalue weighted by molar-refractivity contribution is -0.128. The highest BCUT2D eigenvalue weighted by Crippen LogP contribution is 2.19. The largest absolute Gasteiger partial charge is 0.444 e. The summed E-state index contributed by atoms with van der Waals surface area (Å²) in [4.78, 5) is 28.4. The Hall–Kier alpha value is -1.99. The molecule has 0 saturated heterocycles. The quantitative estimate of drug-likeness (QED) is 0.305. The molecule has 1 rings (SSSR count). The van der Waals surface area contributed by atoms with Crippen molar-refractivity contribution in [1.29, 1.82) is 0 Å². The Labute approximate surface area is 176 Å². The van der Waals surface area contributed by atoms with Gasteiger partial charge in [-0.3, -0.25) is 9.79 Å². The maximum Gasteiger partial charge on any atom is 0.407 e. The Morgan fingerprint density at radius 1 is 0.931 bits per heavy atom. The number of nitrogens with zero attached hydrogens (tertiary/aromatic N) is 1. The predicted octanol–water partition coefficient (Wildman–Crippen LogP) is 2.54. The van der Waals surface area contributed by atoms with E-state index < -0.39 is 11.0 Å². The molecule has 1 aliphatic rings. The topological polar surface area (TPSA) is 104 Å². The Morgan fingerprint density at radius 3 is 1.97 bits per heavy atom. The van der Waals surface area contributed by atoms with Gasteiger partial charge in [-0.1, -0.05) is 20.8 Å². The molecule has 8 heteroatoms. The molecule has 0 aromatic heterocycles. The standard InChI is InChI=1S/C21H41N5O3/c1-8-22-18(24-14-13-23-17(27)20(2,3)4)25-15-9-11-16(12-10-15)26-19(28)29-21(5,6)7/h15-16H,8-14H2,1-7H3,(H,23,27)(H,26,28)(H2,22,24,25). The van der Waals surface area contributed by atoms with E-state index in [0.717, 1.165) is 38.2 Å². The smallest absolute Gasteiger partial charge is 0.407 e. The highest BCUT2D eigenvalue weighted by Gasteiger charge is 2.25. The minimum atomic E-state index is -0.480. The number of carbonyl (C=O) groups is 2. The summed E-state index contributed by atoms with van der Waals surface area (Å²) < 4.78 is 5.33. The molecule has 0 heterocycles. The van der Waals surface area contributed by atoms with Crippen LogP contribution in [0.1, 0.15) is 74.1 Å². The average molecular weight is 412 g/mol. The second-order valence-electron chi connectivity index (χ2n) is 9.61. The number of rotatable bonds is 6. The molecule has 8 nitrogen and oxygen atoms in total. The molecule has 0 aromatic rings. The number of ether oxygens (including phenoxy) is 1. The van der Waals surface area contributed by atoms with Crippen molar-refractivity contribution in [2.24, 2.45) is 10.4 Å². The van der Waals surface area contributed by atoms with E-state index in [0.29, 0.717) is 19.1 Å². The van der Waals surface area contributed by atoms with Crippen molar-refractivity contribution >= 4 is 18.0 Å². The maximum absolute atomic E-state index is 11.9. The Balaban J connectivity index is 2.40. The third-order valence-corrected chi connectivity index (χ3v) is 4.48. The van der Waals surface area contributed by atoms with Crippen molar-refractivity contribution in [3.05, 3.63) is 0 Å². The van der Waals surface area contributed by atoms with Crippen molar-refractivity contribution in [3.8, 4) is 0 Å². The third-order valence-electron chi connectivity index (χ3n) is 4.48. The predicted molar refractivity (Wildman–Crippen MR) is 117 cm³/mol. The Kier molecular flexibility index (Phi) is 9.73. The third kappa shape index (κ3) is 10.9. The van der Waals surface area contributed by atoms with Crippen molar-refractivity contribution in [2.75, 3.05) is 19.6 Å². The van der Waals surface area contributed by atoms with E-state index in [-0.39, 0.29) is 18.0 Å². The molecule has 0 aliphatic heterocycles. The zero-order valence-corrected chi connectivity index (χ0v) is 19.3. The molecule has 4 N–H and O–H groups in total. The number of carbonyl (C=O) groups excluding carboxylic acids is 2. The van der Waals surface area contributed by atoms with Gasteiger partial charge in [0, 0.05) is 30.6 Å². The molecule has 2 amide bonds. The summed E-state index contributed by atoms with van der Waals surface area (Å²) >= 11 is 0. The first-order valence-corrected chi connectivity index (χ1v) is 10.7. The molecule has 0 aromatic carbocycles. The van der Waals surface area contributed by atoms with Gasteiger partial charge in [-0.25, -0.2) is 4.79 Å². The van der Waals surface area contributed by atoms with E-state index in [1.54, 1.807) is 0 Å². The fourth-order valence-corrected chi connectivity index (χ4v) is 2.97. The van der Waals surface area contributed by atoms with Crippen LogP contribution in [0.15, 0.2) is 4.99 Å². The van der Waals surface area contributed by atoms with Gasteiger partial charge in [0.1, 0.15) is 5.60 Å². The first-order chi connectivity index (χ1) is 13.4. The van der Waals surface area contributed by atoms with Gasteiger partial charge in [-0.05, 0) is 53.4 Å². The average Bonchev–Trinajstić information content (AvgIpc) is 2.57. The van der Waals surface area contributed by atoms with Gasteiger partial charge in [-0.15, -0.1) is 0 Å². The van der Waals surface area contributed by atoms with Gasteiger partial charge in [0.15, 0.2) is 5.96 Å². The van der Waals surface area contributed by atoms with Crippen LogP contribution >= 0.6 is 0 Å². The minimum Gasteiger partial charge on any atom is -0.444 e. The van der Waals surface area contributed by atoms with E-state index in [1.807, 2.05) is 48.5 Å². The van der Waals surface area contributed by atoms with Crippen molar-refractivity contribution in [3.63, 3.8) is 0 Å². The van der Waals surface area contributed by atoms with Gasteiger partial charge in [-0.2, -0.15) is 0 Å². The lowest BCUT2D eigenvalue weighted by Gasteiger charge is -2.31. The van der Waals surface area contributed by atoms with Crippen LogP contribution in [0.25, 0.3) is 0 Å². The van der Waals surface area contributed by atoms with Crippen LogP contribution in [0.3, 0.4) is 0 Å². The summed E-state index contributed by atoms with van der Waals surface area (Å²) in [5.74, 6) is 0.794. The normalized spacial score (nSPS) is 20.6. The van der Waals surface area contributed by atoms with Crippen molar-refractivity contribution < 1.29 is 14.3 Å². The molecule has 0 spiro atoms. The molecule has 0 unspecified atom stereocenters. The molecular weight excluding hydrogens is 370 g/mol. The highest BCUT2D eigenvalue weighted by molar-refractivity contribution is 5.81. The van der Waals surface area contributed by atoms with Crippen LogP contribution in [0.5, 0.6) is 0 Å². The lowest BCUT2D eigenvalue weighted by atomic mass is 9.91. The first kappa shape index (κ1) is 25.0. The summed E-state index contributed by atoms with van der Waals surface area (Å²) in [6.45, 7) is 15.1. The second kappa shape index (κ2) is 11.3. The maximum atomic E-state index is 11.9. The molecule has 29 heavy (non-hydrogen) atoms. The minimum absolute atomic E-state index is 0.0291. The number of guanidine groups is 1. The van der Waals surface area contributed by atoms with E-state index in [4.69, 9.17) is 4.74 Å². The molecule has 1 saturated carbocycles. The molecule has 0 bridgehead atoms. The molecule has 1 aliphatic carbocycles. The molecular formula is C21H41N5O3. The van der Waals surface area contributed by atoms with Crippen molar-refractivity contribution in [2.45, 2.75) is 91.8 Å². The van der Waals surface area contributed by atoms with Crippen LogP contribution < -0.4 is 21.3 Å². The van der Waals surface area contributed by atoms with Crippen LogP contribution in [-0.4, -0.2) is 55.3 Å². The van der Waals surface area contributed by atoms with E-state index in [9.17, 15) is 9.59 Å². The summed E-state index contributed by atoms with van der Waals surface area (Å²) in [6.07, 6.45) is 3.36. The summed E-state index contributed by atoms with van der Waals surface area (Å²) in [5, 5.41) is 12.6. The number of amides is 2. The molecule has 168 valence electrons. The van der Waals surface area contributed by atoms with Crippen LogP contribution in [-0.2, 0) is 9.53 Å². The Morgan fingerprint density at radius 2 is 1.48 bits per heavy atom. The highest BCUT2D eigenvalue weighted by atomic mass is 16.6. The van der Waals surface area contributed by atoms with Gasteiger partial charge < -0.3 is 26.0 Å². The fraction of sp³-hybridized carbons (Fsp3) is 0.857. The van der Waals surface area contributed by atoms with E-state index >= 15 is 0 Å². The summed E-state index contributed by atoms with van der Waals surface area (Å²) in [5.41, 5.74) is -0.870. The number of hydrogen-bond acceptors (Lipinski definition) is 4. The van der Waals surface area contributed by atoms with Crippen LogP contribution in [0, 0.1) is 5.41 Å². The van der Waals surface area contributed by atoms with E-state index in [2.05, 4.69) is 26.3 Å². The van der Waals surface area contributed by atoms with Crippen molar-refractivity contribution in [1.82, 2.24) is 21.3 Å². The monoisotopic (exact) mass is 411 g/mol. The van der Waals surface area contributed by atoms with Gasteiger partial charge in [0.25, 0.3) is 0 Å². The van der Waals surface area contributed by atoms with Crippen LogP contribution in [0.2, 0.25) is 0 Å². The molecule has 0 atom stereocenters. The molecule has 0 radical (unpaired) electrons. The number of aliphatic imine (C=N–C) groups is 1. The van der Waals surface area contributed by atoms with E-state index in [1.165, 1.54) is 0 Å². The zero-order valence-electron chi connectivity index (χ0n) is 19.3. The Bertz CT molecular complexity index is 556. The lowest BCUT2D eigenvalue weighted by Crippen LogP contribution is -2.48. The molecule has 1 fully saturated rings. The van der Waals surface area contributed by atoms with Gasteiger partial charge >= 0.3 is 6.09 Å². The summed E-state index contributed by atoms with van der Waals surface area (Å²) in [6, 6.07) is 0.462. The SMILES string of the molecule is CCNC(=NCCNC(=O)C(C)(C)C)NC1CCC(NC(=O)OC(C)(C)C)CC1. The number of nitrogens with one attached hydrogen (secondary N) is 4.